The van der Waals surface area contributed by atoms with Crippen LogP contribution >= 0.6 is 0 Å². The summed E-state index contributed by atoms with van der Waals surface area (Å²) in [5.74, 6) is 0. The Morgan fingerprint density at radius 2 is 1.71 bits per heavy atom. The average molecular weight is 290 g/mol. The Morgan fingerprint density at radius 3 is 2.19 bits per heavy atom. The molecule has 0 heterocycles. The minimum absolute atomic E-state index is 0.144. The lowest BCUT2D eigenvalue weighted by molar-refractivity contribution is 0.170. The fourth-order valence-electron chi connectivity index (χ4n) is 2.77. The van der Waals surface area contributed by atoms with Crippen molar-refractivity contribution in [3.63, 3.8) is 0 Å². The van der Waals surface area contributed by atoms with Crippen LogP contribution in [0.2, 0.25) is 0 Å². The van der Waals surface area contributed by atoms with Gasteiger partial charge in [0, 0.05) is 30.6 Å². The summed E-state index contributed by atoms with van der Waals surface area (Å²) in [4.78, 5) is 2.61. The molecule has 0 fully saturated rings. The van der Waals surface area contributed by atoms with E-state index in [4.69, 9.17) is 0 Å². The summed E-state index contributed by atoms with van der Waals surface area (Å²) in [5, 5.41) is 3.64. The predicted molar refractivity (Wildman–Crippen MR) is 93.9 cm³/mol. The van der Waals surface area contributed by atoms with Crippen LogP contribution in [0.25, 0.3) is 0 Å². The Balaban J connectivity index is 2.95. The highest BCUT2D eigenvalue weighted by molar-refractivity contribution is 5.25. The first kappa shape index (κ1) is 18.2. The molecule has 0 saturated heterocycles. The van der Waals surface area contributed by atoms with Crippen LogP contribution in [0.15, 0.2) is 30.3 Å². The van der Waals surface area contributed by atoms with Gasteiger partial charge in [-0.2, -0.15) is 0 Å². The molecule has 1 N–H and O–H groups in total. The van der Waals surface area contributed by atoms with Crippen LogP contribution in [0, 0.1) is 0 Å². The summed E-state index contributed by atoms with van der Waals surface area (Å²) in [6.07, 6.45) is 1.21. The number of nitrogens with zero attached hydrogens (tertiary/aromatic N) is 1. The second-order valence-corrected chi connectivity index (χ2v) is 7.03. The number of rotatable bonds is 9. The van der Waals surface area contributed by atoms with Crippen molar-refractivity contribution in [2.45, 2.75) is 65.5 Å². The van der Waals surface area contributed by atoms with Crippen molar-refractivity contribution in [2.24, 2.45) is 0 Å². The van der Waals surface area contributed by atoms with Crippen molar-refractivity contribution in [1.29, 1.82) is 0 Å². The molecule has 120 valence electrons. The second kappa shape index (κ2) is 8.55. The molecule has 2 nitrogen and oxygen atoms in total. The van der Waals surface area contributed by atoms with Crippen molar-refractivity contribution in [1.82, 2.24) is 10.2 Å². The van der Waals surface area contributed by atoms with E-state index in [1.54, 1.807) is 0 Å². The van der Waals surface area contributed by atoms with Gasteiger partial charge in [-0.1, -0.05) is 58.0 Å². The minimum atomic E-state index is 0.144. The fourth-order valence-corrected chi connectivity index (χ4v) is 2.77. The lowest BCUT2D eigenvalue weighted by Gasteiger charge is -2.38. The van der Waals surface area contributed by atoms with Crippen LogP contribution in [0.5, 0.6) is 0 Å². The Labute approximate surface area is 131 Å². The third-order valence-electron chi connectivity index (χ3n) is 4.16. The van der Waals surface area contributed by atoms with Crippen LogP contribution in [-0.4, -0.2) is 36.6 Å². The predicted octanol–water partition coefficient (Wildman–Crippen LogP) is 4.06. The molecule has 1 unspecified atom stereocenters. The van der Waals surface area contributed by atoms with Gasteiger partial charge >= 0.3 is 0 Å². The van der Waals surface area contributed by atoms with Gasteiger partial charge in [-0.25, -0.2) is 0 Å². The van der Waals surface area contributed by atoms with Crippen molar-refractivity contribution in [3.8, 4) is 0 Å². The van der Waals surface area contributed by atoms with Crippen LogP contribution in [0.1, 0.15) is 53.5 Å². The topological polar surface area (TPSA) is 15.3 Å². The highest BCUT2D eigenvalue weighted by Gasteiger charge is 2.29. The fraction of sp³-hybridized carbons (Fsp3) is 0.684. The van der Waals surface area contributed by atoms with Gasteiger partial charge in [0.05, 0.1) is 0 Å². The molecule has 0 aliphatic heterocycles. The second-order valence-electron chi connectivity index (χ2n) is 7.03. The number of benzene rings is 1. The van der Waals surface area contributed by atoms with Gasteiger partial charge < -0.3 is 10.2 Å². The number of hydrogen-bond donors (Lipinski definition) is 1. The average Bonchev–Trinajstić information content (AvgIpc) is 2.45. The molecule has 1 atom stereocenters. The molecule has 1 aromatic rings. The van der Waals surface area contributed by atoms with E-state index in [0.717, 1.165) is 13.1 Å². The first-order chi connectivity index (χ1) is 9.89. The molecule has 0 bridgehead atoms. The highest BCUT2D eigenvalue weighted by Crippen LogP contribution is 2.25. The molecule has 2 heteroatoms. The molecule has 1 rings (SSSR count). The first-order valence-corrected chi connectivity index (χ1v) is 8.42. The van der Waals surface area contributed by atoms with Gasteiger partial charge in [-0.05, 0) is 32.4 Å². The van der Waals surface area contributed by atoms with Crippen LogP contribution in [-0.2, 0) is 5.41 Å². The van der Waals surface area contributed by atoms with Crippen molar-refractivity contribution < 1.29 is 0 Å². The summed E-state index contributed by atoms with van der Waals surface area (Å²) in [6, 6.07) is 12.1. The molecule has 0 spiro atoms. The summed E-state index contributed by atoms with van der Waals surface area (Å²) >= 11 is 0. The van der Waals surface area contributed by atoms with Crippen molar-refractivity contribution in [3.05, 3.63) is 35.9 Å². The quantitative estimate of drug-likeness (QED) is 0.738. The van der Waals surface area contributed by atoms with Gasteiger partial charge in [0.2, 0.25) is 0 Å². The van der Waals surface area contributed by atoms with E-state index in [1.807, 2.05) is 0 Å². The number of nitrogens with one attached hydrogen (secondary N) is 1. The Hall–Kier alpha value is -0.860. The molecule has 0 aliphatic carbocycles. The third kappa shape index (κ3) is 5.80. The van der Waals surface area contributed by atoms with E-state index >= 15 is 0 Å². The molecule has 0 aromatic heterocycles. The van der Waals surface area contributed by atoms with Crippen LogP contribution in [0.4, 0.5) is 0 Å². The summed E-state index contributed by atoms with van der Waals surface area (Å²) < 4.78 is 0. The van der Waals surface area contributed by atoms with E-state index < -0.39 is 0 Å². The summed E-state index contributed by atoms with van der Waals surface area (Å²) in [6.45, 7) is 17.0. The normalized spacial score (nSPS) is 14.9. The summed E-state index contributed by atoms with van der Waals surface area (Å²) in [7, 11) is 0. The zero-order valence-electron chi connectivity index (χ0n) is 14.8. The lowest BCUT2D eigenvalue weighted by atomic mass is 9.81. The molecule has 21 heavy (non-hydrogen) atoms. The van der Waals surface area contributed by atoms with E-state index in [1.165, 1.54) is 18.5 Å². The van der Waals surface area contributed by atoms with Gasteiger partial charge in [-0.15, -0.1) is 0 Å². The van der Waals surface area contributed by atoms with E-state index in [2.05, 4.69) is 82.1 Å². The Kier molecular flexibility index (Phi) is 7.41. The van der Waals surface area contributed by atoms with Crippen LogP contribution in [0.3, 0.4) is 0 Å². The molecule has 0 saturated carbocycles. The molecule has 1 aromatic carbocycles. The molecule has 0 radical (unpaired) electrons. The van der Waals surface area contributed by atoms with Crippen molar-refractivity contribution >= 4 is 0 Å². The van der Waals surface area contributed by atoms with E-state index in [9.17, 15) is 0 Å². The van der Waals surface area contributed by atoms with E-state index in [-0.39, 0.29) is 5.41 Å². The minimum Gasteiger partial charge on any atom is -0.314 e. The van der Waals surface area contributed by atoms with Gasteiger partial charge in [0.1, 0.15) is 0 Å². The standard InChI is InChI=1S/C19H34N2/c1-7-13-21(17(4)5)15-19(6,14-20-16(2)3)18-11-9-8-10-12-18/h8-12,16-17,20H,7,13-15H2,1-6H3. The van der Waals surface area contributed by atoms with E-state index in [0.29, 0.717) is 12.1 Å². The Bertz CT molecular complexity index is 386. The molecular formula is C19H34N2. The lowest BCUT2D eigenvalue weighted by Crippen LogP contribution is -2.48. The number of hydrogen-bond acceptors (Lipinski definition) is 2. The highest BCUT2D eigenvalue weighted by atomic mass is 15.2. The zero-order chi connectivity index (χ0) is 15.9. The first-order valence-electron chi connectivity index (χ1n) is 8.42. The maximum Gasteiger partial charge on any atom is 0.0177 e. The monoisotopic (exact) mass is 290 g/mol. The maximum atomic E-state index is 3.64. The Morgan fingerprint density at radius 1 is 1.10 bits per heavy atom. The molecular weight excluding hydrogens is 256 g/mol. The van der Waals surface area contributed by atoms with Gasteiger partial charge in [0.15, 0.2) is 0 Å². The largest absolute Gasteiger partial charge is 0.314 e. The van der Waals surface area contributed by atoms with Crippen molar-refractivity contribution in [2.75, 3.05) is 19.6 Å². The van der Waals surface area contributed by atoms with Gasteiger partial charge in [0.25, 0.3) is 0 Å². The summed E-state index contributed by atoms with van der Waals surface area (Å²) in [5.41, 5.74) is 1.57. The zero-order valence-corrected chi connectivity index (χ0v) is 14.8. The van der Waals surface area contributed by atoms with Crippen LogP contribution < -0.4 is 5.32 Å². The molecule has 0 amide bonds. The SMILES string of the molecule is CCCN(CC(C)(CNC(C)C)c1ccccc1)C(C)C. The maximum absolute atomic E-state index is 3.64. The van der Waals surface area contributed by atoms with Gasteiger partial charge in [-0.3, -0.25) is 0 Å². The third-order valence-corrected chi connectivity index (χ3v) is 4.16. The molecule has 0 aliphatic rings. The smallest absolute Gasteiger partial charge is 0.0177 e.